The molecule has 138 valence electrons. The van der Waals surface area contributed by atoms with Gasteiger partial charge in [0.05, 0.1) is 0 Å². The van der Waals surface area contributed by atoms with Crippen LogP contribution in [-0.2, 0) is 11.8 Å². The predicted molar refractivity (Wildman–Crippen MR) is 115 cm³/mol. The molecule has 1 amide bonds. The van der Waals surface area contributed by atoms with Gasteiger partial charge in [0.25, 0.3) is 0 Å². The molecule has 0 aliphatic rings. The van der Waals surface area contributed by atoms with Gasteiger partial charge < -0.3 is 9.88 Å². The van der Waals surface area contributed by atoms with Crippen molar-refractivity contribution in [2.75, 3.05) is 5.32 Å². The number of carbonyl (C=O) groups is 2. The van der Waals surface area contributed by atoms with E-state index in [2.05, 4.69) is 41.2 Å². The number of nitrogens with zero attached hydrogens (tertiary/aromatic N) is 1. The number of aryl methyl sites for hydroxylation is 1. The SMILES string of the molecule is CC(=O)Nc1cccc(C(=O)/C=C/c2ccc3c(c2)c2ccccc2n3C)c1. The third kappa shape index (κ3) is 3.32. The van der Waals surface area contributed by atoms with Crippen molar-refractivity contribution in [2.45, 2.75) is 6.92 Å². The summed E-state index contributed by atoms with van der Waals surface area (Å²) in [5.74, 6) is -0.270. The summed E-state index contributed by atoms with van der Waals surface area (Å²) in [6, 6.07) is 21.4. The van der Waals surface area contributed by atoms with Crippen LogP contribution in [0, 0.1) is 0 Å². The van der Waals surface area contributed by atoms with E-state index in [1.165, 1.54) is 23.2 Å². The first-order valence-electron chi connectivity index (χ1n) is 9.10. The Morgan fingerprint density at radius 3 is 2.50 bits per heavy atom. The monoisotopic (exact) mass is 368 g/mol. The van der Waals surface area contributed by atoms with Crippen LogP contribution in [0.3, 0.4) is 0 Å². The molecule has 0 fully saturated rings. The van der Waals surface area contributed by atoms with E-state index in [0.29, 0.717) is 11.3 Å². The first kappa shape index (κ1) is 17.7. The van der Waals surface area contributed by atoms with E-state index in [4.69, 9.17) is 0 Å². The number of nitrogens with one attached hydrogen (secondary N) is 1. The van der Waals surface area contributed by atoms with Gasteiger partial charge >= 0.3 is 0 Å². The second kappa shape index (κ2) is 7.16. The molecular weight excluding hydrogens is 348 g/mol. The maximum atomic E-state index is 12.5. The Labute approximate surface area is 163 Å². The van der Waals surface area contributed by atoms with E-state index in [9.17, 15) is 9.59 Å². The minimum absolute atomic E-state index is 0.106. The number of benzene rings is 3. The molecule has 0 bridgehead atoms. The molecule has 0 aliphatic heterocycles. The van der Waals surface area contributed by atoms with Gasteiger partial charge in [-0.3, -0.25) is 9.59 Å². The lowest BCUT2D eigenvalue weighted by molar-refractivity contribution is -0.114. The summed E-state index contributed by atoms with van der Waals surface area (Å²) in [6.07, 6.45) is 3.40. The summed E-state index contributed by atoms with van der Waals surface area (Å²) in [6.45, 7) is 1.44. The highest BCUT2D eigenvalue weighted by Gasteiger charge is 2.08. The van der Waals surface area contributed by atoms with Gasteiger partial charge in [-0.1, -0.05) is 42.5 Å². The number of amides is 1. The predicted octanol–water partition coefficient (Wildman–Crippen LogP) is 5.19. The number of para-hydroxylation sites is 1. The smallest absolute Gasteiger partial charge is 0.221 e. The summed E-state index contributed by atoms with van der Waals surface area (Å²) in [7, 11) is 2.06. The van der Waals surface area contributed by atoms with Crippen LogP contribution < -0.4 is 5.32 Å². The number of hydrogen-bond acceptors (Lipinski definition) is 2. The number of rotatable bonds is 4. The molecule has 0 radical (unpaired) electrons. The molecule has 4 heteroatoms. The van der Waals surface area contributed by atoms with Gasteiger partial charge in [-0.25, -0.2) is 0 Å². The first-order chi connectivity index (χ1) is 13.5. The molecule has 0 atom stereocenters. The molecular formula is C24H20N2O2. The van der Waals surface area contributed by atoms with Crippen molar-refractivity contribution in [3.8, 4) is 0 Å². The number of ketones is 1. The van der Waals surface area contributed by atoms with Gasteiger partial charge in [0.2, 0.25) is 5.91 Å². The van der Waals surface area contributed by atoms with Crippen molar-refractivity contribution in [2.24, 2.45) is 7.05 Å². The minimum atomic E-state index is -0.163. The summed E-state index contributed by atoms with van der Waals surface area (Å²) in [5, 5.41) is 5.06. The van der Waals surface area contributed by atoms with Gasteiger partial charge in [0.1, 0.15) is 0 Å². The zero-order chi connectivity index (χ0) is 19.7. The Bertz CT molecular complexity index is 1250. The normalized spacial score (nSPS) is 11.4. The molecule has 0 saturated heterocycles. The average molecular weight is 368 g/mol. The Balaban J connectivity index is 1.64. The zero-order valence-electron chi connectivity index (χ0n) is 15.8. The zero-order valence-corrected chi connectivity index (χ0v) is 15.8. The summed E-state index contributed by atoms with van der Waals surface area (Å²) >= 11 is 0. The molecule has 1 N–H and O–H groups in total. The van der Waals surface area contributed by atoms with Crippen LogP contribution in [0.25, 0.3) is 27.9 Å². The second-order valence-electron chi connectivity index (χ2n) is 6.81. The molecule has 0 aliphatic carbocycles. The van der Waals surface area contributed by atoms with Crippen LogP contribution in [0.1, 0.15) is 22.8 Å². The van der Waals surface area contributed by atoms with Crippen LogP contribution in [-0.4, -0.2) is 16.3 Å². The number of aromatic nitrogens is 1. The van der Waals surface area contributed by atoms with Crippen molar-refractivity contribution in [1.82, 2.24) is 4.57 Å². The van der Waals surface area contributed by atoms with E-state index < -0.39 is 0 Å². The first-order valence-corrected chi connectivity index (χ1v) is 9.10. The van der Waals surface area contributed by atoms with E-state index in [0.717, 1.165) is 11.1 Å². The molecule has 1 heterocycles. The quantitative estimate of drug-likeness (QED) is 0.398. The van der Waals surface area contributed by atoms with E-state index in [1.54, 1.807) is 30.3 Å². The number of anilines is 1. The highest BCUT2D eigenvalue weighted by Crippen LogP contribution is 2.29. The number of hydrogen-bond donors (Lipinski definition) is 1. The lowest BCUT2D eigenvalue weighted by Crippen LogP contribution is -2.06. The van der Waals surface area contributed by atoms with Gasteiger partial charge in [-0.05, 0) is 42.0 Å². The van der Waals surface area contributed by atoms with Crippen molar-refractivity contribution >= 4 is 45.3 Å². The van der Waals surface area contributed by atoms with Crippen LogP contribution in [0.2, 0.25) is 0 Å². The lowest BCUT2D eigenvalue weighted by Gasteiger charge is -2.03. The highest BCUT2D eigenvalue weighted by molar-refractivity contribution is 6.10. The molecule has 0 unspecified atom stereocenters. The molecule has 28 heavy (non-hydrogen) atoms. The Morgan fingerprint density at radius 2 is 1.68 bits per heavy atom. The average Bonchev–Trinajstić information content (AvgIpc) is 2.98. The third-order valence-corrected chi connectivity index (χ3v) is 4.83. The van der Waals surface area contributed by atoms with E-state index in [1.807, 2.05) is 24.3 Å². The van der Waals surface area contributed by atoms with Crippen LogP contribution in [0.5, 0.6) is 0 Å². The van der Waals surface area contributed by atoms with Crippen molar-refractivity contribution < 1.29 is 9.59 Å². The summed E-state index contributed by atoms with van der Waals surface area (Å²) in [4.78, 5) is 23.7. The molecule has 0 saturated carbocycles. The Morgan fingerprint density at radius 1 is 0.893 bits per heavy atom. The summed E-state index contributed by atoms with van der Waals surface area (Å²) < 4.78 is 2.18. The molecule has 0 spiro atoms. The van der Waals surface area contributed by atoms with Crippen LogP contribution in [0.15, 0.2) is 72.8 Å². The fourth-order valence-corrected chi connectivity index (χ4v) is 3.51. The van der Waals surface area contributed by atoms with E-state index in [-0.39, 0.29) is 11.7 Å². The van der Waals surface area contributed by atoms with E-state index >= 15 is 0 Å². The van der Waals surface area contributed by atoms with Gasteiger partial charge in [-0.2, -0.15) is 0 Å². The maximum absolute atomic E-state index is 12.5. The fraction of sp³-hybridized carbons (Fsp3) is 0.0833. The topological polar surface area (TPSA) is 51.1 Å². The second-order valence-corrected chi connectivity index (χ2v) is 6.81. The van der Waals surface area contributed by atoms with Crippen molar-refractivity contribution in [3.63, 3.8) is 0 Å². The van der Waals surface area contributed by atoms with Crippen molar-refractivity contribution in [3.05, 3.63) is 83.9 Å². The van der Waals surface area contributed by atoms with Crippen molar-refractivity contribution in [1.29, 1.82) is 0 Å². The number of carbonyl (C=O) groups excluding carboxylic acids is 2. The van der Waals surface area contributed by atoms with Gasteiger partial charge in [0.15, 0.2) is 5.78 Å². The fourth-order valence-electron chi connectivity index (χ4n) is 3.51. The Kier molecular flexibility index (Phi) is 4.53. The molecule has 4 nitrogen and oxygen atoms in total. The summed E-state index contributed by atoms with van der Waals surface area (Å²) in [5.41, 5.74) is 4.46. The lowest BCUT2D eigenvalue weighted by atomic mass is 10.1. The standard InChI is InChI=1S/C24H20N2O2/c1-16(27)25-19-7-5-6-18(15-19)24(28)13-11-17-10-12-23-21(14-17)20-8-3-4-9-22(20)26(23)2/h3-15H,1-2H3,(H,25,27)/b13-11+. The largest absolute Gasteiger partial charge is 0.344 e. The van der Waals surface area contributed by atoms with Gasteiger partial charge in [-0.15, -0.1) is 0 Å². The molecule has 3 aromatic carbocycles. The Hall–Kier alpha value is -3.66. The van der Waals surface area contributed by atoms with Gasteiger partial charge in [0, 0.05) is 47.0 Å². The van der Waals surface area contributed by atoms with Crippen LogP contribution >= 0.6 is 0 Å². The molecule has 1 aromatic heterocycles. The number of fused-ring (bicyclic) bond motifs is 3. The number of allylic oxidation sites excluding steroid dienone is 1. The maximum Gasteiger partial charge on any atom is 0.221 e. The highest BCUT2D eigenvalue weighted by atomic mass is 16.1. The molecule has 4 aromatic rings. The minimum Gasteiger partial charge on any atom is -0.344 e. The third-order valence-electron chi connectivity index (χ3n) is 4.83. The van der Waals surface area contributed by atoms with Crippen LogP contribution in [0.4, 0.5) is 5.69 Å². The molecule has 4 rings (SSSR count).